The summed E-state index contributed by atoms with van der Waals surface area (Å²) in [5, 5.41) is 4.50. The van der Waals surface area contributed by atoms with Crippen molar-refractivity contribution in [2.75, 3.05) is 13.3 Å². The van der Waals surface area contributed by atoms with Gasteiger partial charge < -0.3 is 0 Å². The molecule has 0 saturated heterocycles. The highest BCUT2D eigenvalue weighted by atomic mass is 31.2. The number of fused-ring (bicyclic) bond motifs is 1. The van der Waals surface area contributed by atoms with Gasteiger partial charge in [0.2, 0.25) is 0 Å². The van der Waals surface area contributed by atoms with E-state index in [0.29, 0.717) is 0 Å². The molecule has 0 saturated carbocycles. The summed E-state index contributed by atoms with van der Waals surface area (Å²) >= 11 is 0. The van der Waals surface area contributed by atoms with E-state index >= 15 is 0 Å². The number of benzene rings is 1. The monoisotopic (exact) mass is 177 g/mol. The van der Waals surface area contributed by atoms with Gasteiger partial charge in [0, 0.05) is 0 Å². The van der Waals surface area contributed by atoms with E-state index in [4.69, 9.17) is 0 Å². The largest absolute Gasteiger partial charge is 0.0864 e. The standard InChI is InChI=1S/C11H14P/c1-9-11-7-5-4-6-10(11)8-12(9,2)3/h4-8H,1-3H3. The second-order valence-electron chi connectivity index (χ2n) is 3.84. The van der Waals surface area contributed by atoms with Crippen molar-refractivity contribution in [3.8, 4) is 0 Å². The maximum Gasteiger partial charge on any atom is -0.0150 e. The zero-order valence-corrected chi connectivity index (χ0v) is 8.73. The fourth-order valence-electron chi connectivity index (χ4n) is 1.69. The molecule has 0 atom stereocenters. The summed E-state index contributed by atoms with van der Waals surface area (Å²) in [6, 6.07) is 8.69. The first kappa shape index (κ1) is 8.01. The zero-order chi connectivity index (χ0) is 8.77. The van der Waals surface area contributed by atoms with E-state index in [1.807, 2.05) is 0 Å². The fraction of sp³-hybridized carbons (Fsp3) is 0.273. The summed E-state index contributed by atoms with van der Waals surface area (Å²) < 4.78 is 0. The fourth-order valence-corrected chi connectivity index (χ4v) is 3.63. The first-order chi connectivity index (χ1) is 5.61. The van der Waals surface area contributed by atoms with Gasteiger partial charge in [-0.3, -0.25) is 0 Å². The van der Waals surface area contributed by atoms with Crippen molar-refractivity contribution in [2.45, 2.75) is 6.92 Å². The molecule has 0 amide bonds. The van der Waals surface area contributed by atoms with Gasteiger partial charge in [-0.25, -0.2) is 0 Å². The minimum absolute atomic E-state index is 0.874. The lowest BCUT2D eigenvalue weighted by Crippen LogP contribution is -2.20. The summed E-state index contributed by atoms with van der Waals surface area (Å²) in [4.78, 5) is 0. The molecule has 1 heterocycles. The van der Waals surface area contributed by atoms with Crippen molar-refractivity contribution < 1.29 is 0 Å². The van der Waals surface area contributed by atoms with E-state index in [0.717, 1.165) is 0 Å². The molecule has 0 bridgehead atoms. The minimum atomic E-state index is -0.874. The quantitative estimate of drug-likeness (QED) is 0.530. The van der Waals surface area contributed by atoms with E-state index in [1.54, 1.807) is 5.31 Å². The molecule has 1 aliphatic rings. The summed E-state index contributed by atoms with van der Waals surface area (Å²) in [5.74, 6) is 2.46. The van der Waals surface area contributed by atoms with Gasteiger partial charge in [-0.05, 0) is 36.0 Å². The summed E-state index contributed by atoms with van der Waals surface area (Å²) in [7, 11) is -0.874. The van der Waals surface area contributed by atoms with Gasteiger partial charge in [0.1, 0.15) is 0 Å². The third-order valence-electron chi connectivity index (χ3n) is 2.68. The Balaban J connectivity index is 2.90. The molecule has 12 heavy (non-hydrogen) atoms. The summed E-state index contributed by atoms with van der Waals surface area (Å²) in [6.07, 6.45) is 0. The Morgan fingerprint density at radius 1 is 1.08 bits per heavy atom. The lowest BCUT2D eigenvalue weighted by atomic mass is 10.2. The molecule has 63 valence electrons. The van der Waals surface area contributed by atoms with Crippen molar-refractivity contribution in [1.82, 2.24) is 0 Å². The van der Waals surface area contributed by atoms with Crippen molar-refractivity contribution in [3.63, 3.8) is 0 Å². The van der Waals surface area contributed by atoms with Crippen LogP contribution in [0.25, 0.3) is 11.1 Å². The van der Waals surface area contributed by atoms with Gasteiger partial charge in [-0.2, -0.15) is 0 Å². The van der Waals surface area contributed by atoms with Crippen LogP contribution in [0.2, 0.25) is 0 Å². The van der Waals surface area contributed by atoms with Gasteiger partial charge in [0.15, 0.2) is 0 Å². The highest BCUT2D eigenvalue weighted by molar-refractivity contribution is 7.90. The molecule has 1 heteroatoms. The molecule has 0 spiro atoms. The Kier molecular flexibility index (Phi) is 1.63. The lowest BCUT2D eigenvalue weighted by Gasteiger charge is -2.20. The maximum absolute atomic E-state index is 2.46. The van der Waals surface area contributed by atoms with Gasteiger partial charge >= 0.3 is 0 Å². The normalized spacial score (nSPS) is 18.8. The van der Waals surface area contributed by atoms with E-state index < -0.39 is 7.26 Å². The molecule has 0 fully saturated rings. The van der Waals surface area contributed by atoms with Crippen LogP contribution < -0.4 is 10.4 Å². The molecule has 0 N–H and O–H groups in total. The van der Waals surface area contributed by atoms with Crippen LogP contribution in [0.3, 0.4) is 0 Å². The molecular weight excluding hydrogens is 163 g/mol. The Morgan fingerprint density at radius 2 is 1.75 bits per heavy atom. The molecule has 1 aliphatic heterocycles. The average molecular weight is 177 g/mol. The Labute approximate surface area is 74.0 Å². The number of rotatable bonds is 0. The predicted octanol–water partition coefficient (Wildman–Crippen LogP) is 1.84. The van der Waals surface area contributed by atoms with Gasteiger partial charge in [0.25, 0.3) is 0 Å². The van der Waals surface area contributed by atoms with Crippen molar-refractivity contribution >= 4 is 18.4 Å². The molecule has 0 aromatic heterocycles. The molecule has 2 rings (SSSR count). The Hall–Kier alpha value is -0.610. The summed E-state index contributed by atoms with van der Waals surface area (Å²) in [5.41, 5.74) is 0. The van der Waals surface area contributed by atoms with Crippen LogP contribution in [-0.4, -0.2) is 13.3 Å². The minimum Gasteiger partial charge on any atom is -0.0864 e. The van der Waals surface area contributed by atoms with Crippen LogP contribution in [-0.2, 0) is 0 Å². The van der Waals surface area contributed by atoms with Gasteiger partial charge in [-0.15, -0.1) is 0 Å². The topological polar surface area (TPSA) is 0 Å². The zero-order valence-electron chi connectivity index (χ0n) is 7.83. The third kappa shape index (κ3) is 1.03. The second kappa shape index (κ2) is 2.44. The van der Waals surface area contributed by atoms with E-state index in [-0.39, 0.29) is 0 Å². The highest BCUT2D eigenvalue weighted by Crippen LogP contribution is 2.62. The smallest absolute Gasteiger partial charge is 0.0150 e. The van der Waals surface area contributed by atoms with Crippen LogP contribution in [0.4, 0.5) is 0 Å². The van der Waals surface area contributed by atoms with E-state index in [1.165, 1.54) is 10.4 Å². The predicted molar refractivity (Wildman–Crippen MR) is 58.0 cm³/mol. The maximum atomic E-state index is 2.46. The first-order valence-corrected chi connectivity index (χ1v) is 6.99. The lowest BCUT2D eigenvalue weighted by molar-refractivity contribution is 1.52. The molecule has 1 radical (unpaired) electrons. The first-order valence-electron chi connectivity index (χ1n) is 4.24. The highest BCUT2D eigenvalue weighted by Gasteiger charge is 2.18. The Morgan fingerprint density at radius 3 is 2.42 bits per heavy atom. The van der Waals surface area contributed by atoms with Gasteiger partial charge in [0.05, 0.1) is 0 Å². The molecule has 0 unspecified atom stereocenters. The van der Waals surface area contributed by atoms with E-state index in [2.05, 4.69) is 50.3 Å². The van der Waals surface area contributed by atoms with E-state index in [9.17, 15) is 0 Å². The van der Waals surface area contributed by atoms with Crippen LogP contribution in [0.1, 0.15) is 6.92 Å². The van der Waals surface area contributed by atoms with Crippen molar-refractivity contribution in [2.24, 2.45) is 0 Å². The van der Waals surface area contributed by atoms with Crippen LogP contribution in [0.15, 0.2) is 24.3 Å². The molecular formula is C11H14P. The van der Waals surface area contributed by atoms with Gasteiger partial charge in [-0.1, -0.05) is 37.3 Å². The van der Waals surface area contributed by atoms with Crippen LogP contribution >= 0.6 is 7.26 Å². The Bertz CT molecular complexity index is 427. The SMILES string of the molecule is CC1=c2ccccc2=C[P]1(C)C. The third-order valence-corrected chi connectivity index (χ3v) is 5.57. The number of hydrogen-bond donors (Lipinski definition) is 0. The summed E-state index contributed by atoms with van der Waals surface area (Å²) in [6.45, 7) is 7.03. The molecule has 0 aliphatic carbocycles. The number of hydrogen-bond acceptors (Lipinski definition) is 0. The van der Waals surface area contributed by atoms with Crippen LogP contribution in [0, 0.1) is 0 Å². The average Bonchev–Trinajstić information content (AvgIpc) is 2.24. The van der Waals surface area contributed by atoms with Crippen LogP contribution in [0.5, 0.6) is 0 Å². The second-order valence-corrected chi connectivity index (χ2v) is 7.85. The molecule has 1 aromatic carbocycles. The molecule has 1 aromatic rings. The molecule has 0 nitrogen and oxygen atoms in total. The van der Waals surface area contributed by atoms with Crippen molar-refractivity contribution in [1.29, 1.82) is 0 Å². The van der Waals surface area contributed by atoms with Crippen molar-refractivity contribution in [3.05, 3.63) is 34.7 Å².